The van der Waals surface area contributed by atoms with Gasteiger partial charge in [0.1, 0.15) is 0 Å². The third kappa shape index (κ3) is 3.37. The number of nitrogens with zero attached hydrogens (tertiary/aromatic N) is 1. The lowest BCUT2D eigenvalue weighted by molar-refractivity contribution is 0.0945. The van der Waals surface area contributed by atoms with Gasteiger partial charge in [-0.25, -0.2) is 0 Å². The van der Waals surface area contributed by atoms with Crippen LogP contribution in [0.15, 0.2) is 18.2 Å². The third-order valence-electron chi connectivity index (χ3n) is 4.42. The van der Waals surface area contributed by atoms with Gasteiger partial charge in [0.25, 0.3) is 5.91 Å². The molecule has 1 aromatic carbocycles. The van der Waals surface area contributed by atoms with Crippen LogP contribution in [-0.4, -0.2) is 30.3 Å². The number of benzene rings is 1. The number of rotatable bonds is 5. The van der Waals surface area contributed by atoms with Gasteiger partial charge in [-0.1, -0.05) is 12.5 Å². The molecule has 0 spiro atoms. The second-order valence-corrected chi connectivity index (χ2v) is 5.96. The first-order valence-electron chi connectivity index (χ1n) is 8.28. The van der Waals surface area contributed by atoms with Crippen molar-refractivity contribution in [3.05, 3.63) is 40.7 Å². The first-order valence-corrected chi connectivity index (χ1v) is 8.28. The standard InChI is InChI=1S/C18H23N3O3/c1-23-15-9-8-12(10-16(15)24-2)11-19-18(22)17-13-6-4-3-5-7-14(13)20-21-17/h8-10H,3-7,11H2,1-2H3,(H,19,22)(H,20,21). The fraction of sp³-hybridized carbons (Fsp3) is 0.444. The molecule has 2 aromatic rings. The van der Waals surface area contributed by atoms with Crippen molar-refractivity contribution in [2.75, 3.05) is 14.2 Å². The molecule has 24 heavy (non-hydrogen) atoms. The number of carbonyl (C=O) groups is 1. The minimum absolute atomic E-state index is 0.135. The van der Waals surface area contributed by atoms with Gasteiger partial charge in [0.05, 0.1) is 14.2 Å². The maximum Gasteiger partial charge on any atom is 0.272 e. The molecule has 0 saturated carbocycles. The van der Waals surface area contributed by atoms with Crippen molar-refractivity contribution in [3.8, 4) is 11.5 Å². The lowest BCUT2D eigenvalue weighted by Crippen LogP contribution is -2.24. The zero-order valence-electron chi connectivity index (χ0n) is 14.1. The summed E-state index contributed by atoms with van der Waals surface area (Å²) in [5, 5.41) is 10.2. The van der Waals surface area contributed by atoms with Crippen LogP contribution in [0, 0.1) is 0 Å². The highest BCUT2D eigenvalue weighted by Crippen LogP contribution is 2.27. The Morgan fingerprint density at radius 3 is 2.75 bits per heavy atom. The van der Waals surface area contributed by atoms with Crippen molar-refractivity contribution < 1.29 is 14.3 Å². The summed E-state index contributed by atoms with van der Waals surface area (Å²) < 4.78 is 10.5. The predicted octanol–water partition coefficient (Wildman–Crippen LogP) is 2.63. The van der Waals surface area contributed by atoms with E-state index in [0.717, 1.165) is 42.5 Å². The van der Waals surface area contributed by atoms with Gasteiger partial charge in [0, 0.05) is 17.8 Å². The second-order valence-electron chi connectivity index (χ2n) is 5.96. The molecule has 0 bridgehead atoms. The number of fused-ring (bicyclic) bond motifs is 1. The molecular formula is C18H23N3O3. The van der Waals surface area contributed by atoms with Crippen molar-refractivity contribution in [1.82, 2.24) is 15.5 Å². The van der Waals surface area contributed by atoms with Crippen molar-refractivity contribution in [2.24, 2.45) is 0 Å². The number of amides is 1. The van der Waals surface area contributed by atoms with Crippen LogP contribution in [0.5, 0.6) is 11.5 Å². The van der Waals surface area contributed by atoms with E-state index in [1.165, 1.54) is 6.42 Å². The number of nitrogens with one attached hydrogen (secondary N) is 2. The maximum absolute atomic E-state index is 12.5. The monoisotopic (exact) mass is 329 g/mol. The van der Waals surface area contributed by atoms with Crippen molar-refractivity contribution in [2.45, 2.75) is 38.6 Å². The number of hydrogen-bond acceptors (Lipinski definition) is 4. The van der Waals surface area contributed by atoms with Crippen LogP contribution in [-0.2, 0) is 19.4 Å². The molecule has 1 aliphatic rings. The number of ether oxygens (including phenoxy) is 2. The summed E-state index contributed by atoms with van der Waals surface area (Å²) in [5.74, 6) is 1.19. The number of carbonyl (C=O) groups excluding carboxylic acids is 1. The molecule has 6 heteroatoms. The van der Waals surface area contributed by atoms with E-state index in [1.54, 1.807) is 14.2 Å². The maximum atomic E-state index is 12.5. The normalized spacial score (nSPS) is 13.8. The highest BCUT2D eigenvalue weighted by molar-refractivity contribution is 5.94. The van der Waals surface area contributed by atoms with Crippen molar-refractivity contribution >= 4 is 5.91 Å². The van der Waals surface area contributed by atoms with Gasteiger partial charge in [-0.3, -0.25) is 9.89 Å². The number of aromatic nitrogens is 2. The lowest BCUT2D eigenvalue weighted by atomic mass is 10.1. The lowest BCUT2D eigenvalue weighted by Gasteiger charge is -2.10. The number of H-pyrrole nitrogens is 1. The summed E-state index contributed by atoms with van der Waals surface area (Å²) in [5.41, 5.74) is 3.68. The largest absolute Gasteiger partial charge is 0.493 e. The highest BCUT2D eigenvalue weighted by atomic mass is 16.5. The molecule has 0 saturated heterocycles. The van der Waals surface area contributed by atoms with E-state index >= 15 is 0 Å². The van der Waals surface area contributed by atoms with Crippen LogP contribution in [0.25, 0.3) is 0 Å². The molecule has 0 unspecified atom stereocenters. The van der Waals surface area contributed by atoms with Gasteiger partial charge >= 0.3 is 0 Å². The Bertz CT molecular complexity index is 724. The predicted molar refractivity (Wildman–Crippen MR) is 90.6 cm³/mol. The van der Waals surface area contributed by atoms with E-state index < -0.39 is 0 Å². The highest BCUT2D eigenvalue weighted by Gasteiger charge is 2.20. The summed E-state index contributed by atoms with van der Waals surface area (Å²) in [6, 6.07) is 5.61. The van der Waals surface area contributed by atoms with E-state index in [1.807, 2.05) is 18.2 Å². The molecule has 1 amide bonds. The molecule has 1 aromatic heterocycles. The third-order valence-corrected chi connectivity index (χ3v) is 4.42. The minimum atomic E-state index is -0.135. The van der Waals surface area contributed by atoms with Gasteiger partial charge in [-0.15, -0.1) is 0 Å². The van der Waals surface area contributed by atoms with E-state index in [-0.39, 0.29) is 5.91 Å². The Hall–Kier alpha value is -2.50. The van der Waals surface area contributed by atoms with E-state index in [0.29, 0.717) is 23.7 Å². The van der Waals surface area contributed by atoms with Gasteiger partial charge in [0.2, 0.25) is 0 Å². The van der Waals surface area contributed by atoms with Gasteiger partial charge in [-0.05, 0) is 43.4 Å². The summed E-state index contributed by atoms with van der Waals surface area (Å²) in [6.07, 6.45) is 5.37. The smallest absolute Gasteiger partial charge is 0.272 e. The molecule has 1 aliphatic carbocycles. The molecule has 3 rings (SSSR count). The zero-order chi connectivity index (χ0) is 16.9. The summed E-state index contributed by atoms with van der Waals surface area (Å²) in [4.78, 5) is 12.5. The van der Waals surface area contributed by atoms with Crippen LogP contribution in [0.4, 0.5) is 0 Å². The summed E-state index contributed by atoms with van der Waals surface area (Å²) in [7, 11) is 3.20. The topological polar surface area (TPSA) is 76.2 Å². The molecule has 128 valence electrons. The summed E-state index contributed by atoms with van der Waals surface area (Å²) in [6.45, 7) is 0.417. The number of methoxy groups -OCH3 is 2. The van der Waals surface area contributed by atoms with Crippen LogP contribution < -0.4 is 14.8 Å². The number of hydrogen-bond donors (Lipinski definition) is 2. The fourth-order valence-electron chi connectivity index (χ4n) is 3.10. The first kappa shape index (κ1) is 16.4. The second kappa shape index (κ2) is 7.38. The Morgan fingerprint density at radius 1 is 1.17 bits per heavy atom. The minimum Gasteiger partial charge on any atom is -0.493 e. The number of aryl methyl sites for hydroxylation is 1. The van der Waals surface area contributed by atoms with Gasteiger partial charge in [-0.2, -0.15) is 5.10 Å². The average Bonchev–Trinajstić information content (AvgIpc) is 2.88. The summed E-state index contributed by atoms with van der Waals surface area (Å²) >= 11 is 0. The molecular weight excluding hydrogens is 306 g/mol. The SMILES string of the molecule is COc1ccc(CNC(=O)c2n[nH]c3c2CCCCC3)cc1OC. The quantitative estimate of drug-likeness (QED) is 0.827. The zero-order valence-corrected chi connectivity index (χ0v) is 14.1. The van der Waals surface area contributed by atoms with Gasteiger partial charge < -0.3 is 14.8 Å². The molecule has 0 fully saturated rings. The molecule has 6 nitrogen and oxygen atoms in total. The Kier molecular flexibility index (Phi) is 5.03. The molecule has 1 heterocycles. The average molecular weight is 329 g/mol. The molecule has 0 radical (unpaired) electrons. The van der Waals surface area contributed by atoms with Crippen LogP contribution in [0.1, 0.15) is 46.6 Å². The molecule has 0 atom stereocenters. The van der Waals surface area contributed by atoms with Crippen LogP contribution >= 0.6 is 0 Å². The molecule has 2 N–H and O–H groups in total. The number of aromatic amines is 1. The van der Waals surface area contributed by atoms with Crippen LogP contribution in [0.3, 0.4) is 0 Å². The van der Waals surface area contributed by atoms with Crippen molar-refractivity contribution in [1.29, 1.82) is 0 Å². The molecule has 0 aliphatic heterocycles. The van der Waals surface area contributed by atoms with Gasteiger partial charge in [0.15, 0.2) is 17.2 Å². The van der Waals surface area contributed by atoms with E-state index in [4.69, 9.17) is 9.47 Å². The Labute approximate surface area is 141 Å². The Balaban J connectivity index is 1.69. The van der Waals surface area contributed by atoms with Crippen molar-refractivity contribution in [3.63, 3.8) is 0 Å². The first-order chi connectivity index (χ1) is 11.7. The van der Waals surface area contributed by atoms with Crippen LogP contribution in [0.2, 0.25) is 0 Å². The fourth-order valence-corrected chi connectivity index (χ4v) is 3.10. The van der Waals surface area contributed by atoms with E-state index in [2.05, 4.69) is 15.5 Å². The van der Waals surface area contributed by atoms with E-state index in [9.17, 15) is 4.79 Å². The Morgan fingerprint density at radius 2 is 1.96 bits per heavy atom.